The van der Waals surface area contributed by atoms with Gasteiger partial charge in [-0.1, -0.05) is 27.7 Å². The number of likely N-dealkylation sites (tertiary alicyclic amines) is 1. The van der Waals surface area contributed by atoms with Crippen molar-refractivity contribution in [2.45, 2.75) is 45.7 Å². The molecule has 8 heteroatoms. The number of fused-ring (bicyclic) bond motifs is 1. The van der Waals surface area contributed by atoms with Gasteiger partial charge in [-0.05, 0) is 36.8 Å². The van der Waals surface area contributed by atoms with Gasteiger partial charge < -0.3 is 9.32 Å². The molecule has 1 aromatic heterocycles. The highest BCUT2D eigenvalue weighted by Crippen LogP contribution is 2.24. The van der Waals surface area contributed by atoms with Gasteiger partial charge in [-0.15, -0.1) is 0 Å². The zero-order chi connectivity index (χ0) is 19.8. The van der Waals surface area contributed by atoms with Gasteiger partial charge in [0.2, 0.25) is 10.0 Å². The zero-order valence-corrected chi connectivity index (χ0v) is 18.2. The first-order valence-electron chi connectivity index (χ1n) is 9.73. The zero-order valence-electron chi connectivity index (χ0n) is 16.6. The first-order valence-corrected chi connectivity index (χ1v) is 11.6. The minimum absolute atomic E-state index is 0.290. The van der Waals surface area contributed by atoms with Crippen molar-refractivity contribution in [2.75, 3.05) is 26.2 Å². The molecule has 6 nitrogen and oxygen atoms in total. The molecule has 0 amide bonds. The van der Waals surface area contributed by atoms with Crippen molar-refractivity contribution in [1.29, 1.82) is 0 Å². The number of piperidine rings is 1. The maximum absolute atomic E-state index is 12.9. The number of benzene rings is 1. The van der Waals surface area contributed by atoms with Gasteiger partial charge in [-0.3, -0.25) is 4.57 Å². The van der Waals surface area contributed by atoms with Crippen LogP contribution in [-0.2, 0) is 16.7 Å². The van der Waals surface area contributed by atoms with Gasteiger partial charge in [0.1, 0.15) is 0 Å². The van der Waals surface area contributed by atoms with Crippen molar-refractivity contribution >= 4 is 33.3 Å². The Labute approximate surface area is 166 Å². The maximum Gasteiger partial charge on any atom is 0.274 e. The van der Waals surface area contributed by atoms with Crippen molar-refractivity contribution in [3.63, 3.8) is 0 Å². The second-order valence-corrected chi connectivity index (χ2v) is 10.1. The Balaban J connectivity index is 1.99. The van der Waals surface area contributed by atoms with Crippen molar-refractivity contribution in [3.8, 4) is 0 Å². The van der Waals surface area contributed by atoms with E-state index < -0.39 is 10.0 Å². The van der Waals surface area contributed by atoms with E-state index in [9.17, 15) is 8.42 Å². The molecular weight excluding hydrogens is 382 g/mol. The highest BCUT2D eigenvalue weighted by molar-refractivity contribution is 7.89. The van der Waals surface area contributed by atoms with Crippen molar-refractivity contribution in [2.24, 2.45) is 11.8 Å². The van der Waals surface area contributed by atoms with Gasteiger partial charge >= 0.3 is 0 Å². The number of nitrogens with zero attached hydrogens (tertiary/aromatic N) is 2. The third-order valence-corrected chi connectivity index (χ3v) is 7.79. The Morgan fingerprint density at radius 1 is 1.22 bits per heavy atom. The number of oxazole rings is 1. The number of quaternary nitrogens is 1. The van der Waals surface area contributed by atoms with Crippen LogP contribution in [-0.4, -0.2) is 43.5 Å². The normalized spacial score (nSPS) is 24.0. The van der Waals surface area contributed by atoms with E-state index in [0.29, 0.717) is 46.9 Å². The summed E-state index contributed by atoms with van der Waals surface area (Å²) < 4.78 is 34.9. The summed E-state index contributed by atoms with van der Waals surface area (Å²) in [7, 11) is -3.51. The molecule has 0 aliphatic carbocycles. The van der Waals surface area contributed by atoms with Crippen molar-refractivity contribution in [3.05, 3.63) is 23.0 Å². The van der Waals surface area contributed by atoms with Gasteiger partial charge in [0.05, 0.1) is 23.5 Å². The number of hydrogen-bond acceptors (Lipinski definition) is 4. The lowest BCUT2D eigenvalue weighted by Gasteiger charge is -2.32. The van der Waals surface area contributed by atoms with E-state index in [-0.39, 0.29) is 0 Å². The predicted molar refractivity (Wildman–Crippen MR) is 109 cm³/mol. The van der Waals surface area contributed by atoms with Crippen LogP contribution in [0.4, 0.5) is 0 Å². The quantitative estimate of drug-likeness (QED) is 0.741. The van der Waals surface area contributed by atoms with Crippen LogP contribution in [0.2, 0.25) is 0 Å². The first-order chi connectivity index (χ1) is 12.8. The van der Waals surface area contributed by atoms with E-state index in [1.807, 2.05) is 18.4 Å². The van der Waals surface area contributed by atoms with E-state index in [0.717, 1.165) is 18.6 Å². The standard InChI is InChI=1S/C19H29N3O3S2/c1-5-21(6-2)27(23,24)16-7-8-18-17(10-16)22(19(26)25-18)13-20-11-14(3)9-15(4)12-20/h7-8,10,14-15H,5-6,9,11-13H2,1-4H3/p+1/t14-,15-/m1/s1. The molecule has 1 aliphatic rings. The fraction of sp³-hybridized carbons (Fsp3) is 0.632. The van der Waals surface area contributed by atoms with Gasteiger partial charge in [0.15, 0.2) is 12.3 Å². The van der Waals surface area contributed by atoms with E-state index in [2.05, 4.69) is 13.8 Å². The van der Waals surface area contributed by atoms with Crippen molar-refractivity contribution in [1.82, 2.24) is 8.87 Å². The molecule has 1 N–H and O–H groups in total. The second-order valence-electron chi connectivity index (χ2n) is 7.78. The summed E-state index contributed by atoms with van der Waals surface area (Å²) in [5.41, 5.74) is 1.39. The van der Waals surface area contributed by atoms with Crippen LogP contribution in [0.3, 0.4) is 0 Å². The highest BCUT2D eigenvalue weighted by atomic mass is 32.2. The smallest absolute Gasteiger partial charge is 0.274 e. The average molecular weight is 413 g/mol. The van der Waals surface area contributed by atoms with E-state index in [4.69, 9.17) is 16.6 Å². The number of aromatic nitrogens is 1. The SMILES string of the molecule is CCN(CC)S(=O)(=O)c1ccc2oc(=S)n(C[NH+]3C[C@H](C)C[C@@H](C)C3)c2c1. The third kappa shape index (κ3) is 4.13. The lowest BCUT2D eigenvalue weighted by atomic mass is 9.92. The van der Waals surface area contributed by atoms with E-state index >= 15 is 0 Å². The maximum atomic E-state index is 12.9. The Morgan fingerprint density at radius 2 is 1.85 bits per heavy atom. The number of rotatable bonds is 6. The van der Waals surface area contributed by atoms with Crippen LogP contribution >= 0.6 is 12.2 Å². The molecule has 0 spiro atoms. The first kappa shape index (κ1) is 20.5. The summed E-state index contributed by atoms with van der Waals surface area (Å²) in [6, 6.07) is 5.03. The molecule has 0 radical (unpaired) electrons. The minimum atomic E-state index is -3.51. The lowest BCUT2D eigenvalue weighted by Crippen LogP contribution is -3.13. The monoisotopic (exact) mass is 412 g/mol. The van der Waals surface area contributed by atoms with Crippen LogP contribution in [0.25, 0.3) is 11.1 Å². The molecule has 3 rings (SSSR count). The lowest BCUT2D eigenvalue weighted by molar-refractivity contribution is -0.934. The number of nitrogens with one attached hydrogen (secondary N) is 1. The summed E-state index contributed by atoms with van der Waals surface area (Å²) in [6.07, 6.45) is 1.26. The molecular formula is C19H30N3O3S2+. The fourth-order valence-electron chi connectivity index (χ4n) is 4.34. The average Bonchev–Trinajstić information content (AvgIpc) is 2.90. The predicted octanol–water partition coefficient (Wildman–Crippen LogP) is 2.51. The Kier molecular flexibility index (Phi) is 6.10. The van der Waals surface area contributed by atoms with Crippen LogP contribution in [0.15, 0.2) is 27.5 Å². The summed E-state index contributed by atoms with van der Waals surface area (Å²) in [5, 5.41) is 0. The van der Waals surface area contributed by atoms with Crippen LogP contribution < -0.4 is 4.90 Å². The molecule has 1 fully saturated rings. The molecule has 0 bridgehead atoms. The van der Waals surface area contributed by atoms with Crippen LogP contribution in [0.5, 0.6) is 0 Å². The highest BCUT2D eigenvalue weighted by Gasteiger charge is 2.27. The van der Waals surface area contributed by atoms with Gasteiger partial charge in [-0.2, -0.15) is 4.31 Å². The summed E-state index contributed by atoms with van der Waals surface area (Å²) in [6.45, 7) is 12.1. The van der Waals surface area contributed by atoms with Gasteiger partial charge in [0, 0.05) is 24.9 Å². The van der Waals surface area contributed by atoms with E-state index in [1.54, 1.807) is 18.2 Å². The number of hydrogen-bond donors (Lipinski definition) is 1. The fourth-order valence-corrected chi connectivity index (χ4v) is 6.07. The van der Waals surface area contributed by atoms with Crippen molar-refractivity contribution < 1.29 is 17.7 Å². The van der Waals surface area contributed by atoms with E-state index in [1.165, 1.54) is 15.6 Å². The molecule has 1 saturated heterocycles. The molecule has 2 aromatic rings. The Morgan fingerprint density at radius 3 is 2.44 bits per heavy atom. The molecule has 150 valence electrons. The molecule has 27 heavy (non-hydrogen) atoms. The van der Waals surface area contributed by atoms with Crippen LogP contribution in [0, 0.1) is 16.7 Å². The topological polar surface area (TPSA) is 59.9 Å². The summed E-state index contributed by atoms with van der Waals surface area (Å²) in [4.78, 5) is 2.15. The third-order valence-electron chi connectivity index (χ3n) is 5.44. The second kappa shape index (κ2) is 8.03. The number of sulfonamides is 1. The van der Waals surface area contributed by atoms with Crippen LogP contribution in [0.1, 0.15) is 34.1 Å². The molecule has 2 heterocycles. The van der Waals surface area contributed by atoms with Gasteiger partial charge in [0.25, 0.3) is 4.84 Å². The molecule has 0 saturated carbocycles. The Hall–Kier alpha value is -1.22. The molecule has 2 atom stereocenters. The largest absolute Gasteiger partial charge is 0.429 e. The Bertz CT molecular complexity index is 950. The molecule has 1 aromatic carbocycles. The summed E-state index contributed by atoms with van der Waals surface area (Å²) in [5.74, 6) is 1.35. The minimum Gasteiger partial charge on any atom is -0.429 e. The molecule has 1 aliphatic heterocycles. The molecule has 0 unspecified atom stereocenters. The van der Waals surface area contributed by atoms with Gasteiger partial charge in [-0.25, -0.2) is 8.42 Å². The summed E-state index contributed by atoms with van der Waals surface area (Å²) >= 11 is 5.44.